The Morgan fingerprint density at radius 1 is 0.351 bits per heavy atom. The van der Waals surface area contributed by atoms with Crippen molar-refractivity contribution in [3.63, 3.8) is 0 Å². The number of rotatable bonds is 5. The van der Waals surface area contributed by atoms with Gasteiger partial charge in [-0.3, -0.25) is 0 Å². The maximum atomic E-state index is 6.50. The summed E-state index contributed by atoms with van der Waals surface area (Å²) in [5, 5.41) is 7.17. The fourth-order valence-electron chi connectivity index (χ4n) is 8.32. The van der Waals surface area contributed by atoms with Crippen LogP contribution in [0.3, 0.4) is 0 Å². The number of nitrogens with zero attached hydrogens (tertiary/aromatic N) is 4. The average Bonchev–Trinajstić information content (AvgIpc) is 3.95. The van der Waals surface area contributed by atoms with Gasteiger partial charge in [0.1, 0.15) is 11.2 Å². The predicted octanol–water partition coefficient (Wildman–Crippen LogP) is 13.9. The molecule has 0 saturated heterocycles. The summed E-state index contributed by atoms with van der Waals surface area (Å²) < 4.78 is 11.3. The molecule has 0 N–H and O–H groups in total. The highest BCUT2D eigenvalue weighted by atomic mass is 32.1. The molecular weight excluding hydrogens is 717 g/mol. The maximum absolute atomic E-state index is 6.50. The number of hydrogen-bond acceptors (Lipinski definition) is 5. The van der Waals surface area contributed by atoms with Gasteiger partial charge >= 0.3 is 0 Å². The molecule has 0 fully saturated rings. The van der Waals surface area contributed by atoms with Crippen LogP contribution in [-0.2, 0) is 0 Å². The van der Waals surface area contributed by atoms with E-state index in [2.05, 4.69) is 126 Å². The van der Waals surface area contributed by atoms with E-state index in [-0.39, 0.29) is 0 Å². The molecule has 4 heterocycles. The molecule has 0 spiro atoms. The molecule has 0 aliphatic carbocycles. The summed E-state index contributed by atoms with van der Waals surface area (Å²) in [6.07, 6.45) is 0. The summed E-state index contributed by atoms with van der Waals surface area (Å²) in [6.45, 7) is 0. The lowest BCUT2D eigenvalue weighted by atomic mass is 10.0. The Balaban J connectivity index is 0.921. The molecule has 0 aliphatic rings. The molecule has 12 rings (SSSR count). The van der Waals surface area contributed by atoms with Crippen molar-refractivity contribution in [2.45, 2.75) is 0 Å². The molecule has 0 unspecified atom stereocenters. The molecule has 0 atom stereocenters. The van der Waals surface area contributed by atoms with E-state index in [1.54, 1.807) is 11.3 Å². The number of hydrogen-bond donors (Lipinski definition) is 0. The van der Waals surface area contributed by atoms with Crippen LogP contribution in [0.4, 0.5) is 0 Å². The second-order valence-electron chi connectivity index (χ2n) is 14.4. The van der Waals surface area contributed by atoms with Crippen molar-refractivity contribution in [1.82, 2.24) is 19.5 Å². The van der Waals surface area contributed by atoms with Crippen LogP contribution in [0.5, 0.6) is 0 Å². The zero-order valence-corrected chi connectivity index (χ0v) is 31.2. The topological polar surface area (TPSA) is 56.7 Å². The molecule has 0 amide bonds. The molecule has 57 heavy (non-hydrogen) atoms. The van der Waals surface area contributed by atoms with Crippen LogP contribution < -0.4 is 0 Å². The van der Waals surface area contributed by atoms with Gasteiger partial charge < -0.3 is 8.98 Å². The van der Waals surface area contributed by atoms with Gasteiger partial charge in [-0.05, 0) is 59.7 Å². The van der Waals surface area contributed by atoms with Crippen molar-refractivity contribution in [2.24, 2.45) is 0 Å². The van der Waals surface area contributed by atoms with E-state index >= 15 is 0 Å². The first-order chi connectivity index (χ1) is 28.2. The van der Waals surface area contributed by atoms with E-state index in [4.69, 9.17) is 19.4 Å². The number of aromatic nitrogens is 4. The molecule has 0 saturated carbocycles. The molecule has 0 bridgehead atoms. The van der Waals surface area contributed by atoms with Crippen molar-refractivity contribution in [1.29, 1.82) is 0 Å². The molecular formula is C51H30N4OS. The Labute approximate surface area is 330 Å². The first kappa shape index (κ1) is 31.9. The van der Waals surface area contributed by atoms with Crippen LogP contribution in [0.25, 0.3) is 115 Å². The summed E-state index contributed by atoms with van der Waals surface area (Å²) in [5.41, 5.74) is 10.4. The SMILES string of the molecule is c1ccc(-c2nc(-c3ccccc3)nc(-c3ccc4c(c3)sc3cc(-c5ccc6oc7cc(-n8c9ccccc9c9ccccc98)ccc7c6c5)ccc34)n2)cc1. The molecule has 5 nitrogen and oxygen atoms in total. The molecule has 0 aliphatic heterocycles. The highest BCUT2D eigenvalue weighted by molar-refractivity contribution is 7.25. The fraction of sp³-hybridized carbons (Fsp3) is 0. The number of furan rings is 1. The van der Waals surface area contributed by atoms with Crippen molar-refractivity contribution in [3.8, 4) is 51.0 Å². The minimum absolute atomic E-state index is 0.658. The van der Waals surface area contributed by atoms with Crippen molar-refractivity contribution >= 4 is 75.3 Å². The van der Waals surface area contributed by atoms with E-state index in [9.17, 15) is 0 Å². The fourth-order valence-corrected chi connectivity index (χ4v) is 9.50. The van der Waals surface area contributed by atoms with Crippen LogP contribution >= 0.6 is 11.3 Å². The second kappa shape index (κ2) is 12.6. The molecule has 0 radical (unpaired) electrons. The third-order valence-electron chi connectivity index (χ3n) is 11.1. The Kier molecular flexibility index (Phi) is 7.03. The summed E-state index contributed by atoms with van der Waals surface area (Å²) in [4.78, 5) is 14.8. The Hall–Kier alpha value is -7.41. The van der Waals surface area contributed by atoms with Crippen LogP contribution in [-0.4, -0.2) is 19.5 Å². The number of para-hydroxylation sites is 2. The Morgan fingerprint density at radius 2 is 0.860 bits per heavy atom. The zero-order chi connectivity index (χ0) is 37.5. The van der Waals surface area contributed by atoms with E-state index in [1.165, 1.54) is 47.5 Å². The second-order valence-corrected chi connectivity index (χ2v) is 15.5. The molecule has 8 aromatic carbocycles. The standard InChI is InChI=1S/C51H30N4OS/c1-3-11-31(12-4-1)49-52-50(32-13-5-2-6-14-32)54-51(53-49)35-20-24-41-40-23-19-34(28-47(40)57-48(41)29-35)33-21-26-45-42(27-33)39-25-22-36(30-46(39)56-45)55-43-17-9-7-15-37(43)38-16-8-10-18-44(38)55/h1-30H. The van der Waals surface area contributed by atoms with Crippen LogP contribution in [0.1, 0.15) is 0 Å². The van der Waals surface area contributed by atoms with Crippen molar-refractivity contribution in [2.75, 3.05) is 0 Å². The van der Waals surface area contributed by atoms with Crippen LogP contribution in [0.2, 0.25) is 0 Å². The zero-order valence-electron chi connectivity index (χ0n) is 30.4. The van der Waals surface area contributed by atoms with Gasteiger partial charge in [0, 0.05) is 70.2 Å². The van der Waals surface area contributed by atoms with Gasteiger partial charge in [0.2, 0.25) is 0 Å². The first-order valence-electron chi connectivity index (χ1n) is 19.0. The minimum atomic E-state index is 0.658. The lowest BCUT2D eigenvalue weighted by Crippen LogP contribution is -1.99. The minimum Gasteiger partial charge on any atom is -0.456 e. The van der Waals surface area contributed by atoms with E-state index in [0.717, 1.165) is 49.9 Å². The molecule has 266 valence electrons. The smallest absolute Gasteiger partial charge is 0.164 e. The number of thiophene rings is 1. The first-order valence-corrected chi connectivity index (χ1v) is 19.8. The highest BCUT2D eigenvalue weighted by Gasteiger charge is 2.17. The van der Waals surface area contributed by atoms with Gasteiger partial charge in [0.15, 0.2) is 17.5 Å². The molecule has 12 aromatic rings. The predicted molar refractivity (Wildman–Crippen MR) is 236 cm³/mol. The summed E-state index contributed by atoms with van der Waals surface area (Å²) in [6, 6.07) is 63.9. The quantitative estimate of drug-likeness (QED) is 0.176. The summed E-state index contributed by atoms with van der Waals surface area (Å²) >= 11 is 1.80. The van der Waals surface area contributed by atoms with Crippen LogP contribution in [0, 0.1) is 0 Å². The van der Waals surface area contributed by atoms with Gasteiger partial charge in [-0.1, -0.05) is 127 Å². The van der Waals surface area contributed by atoms with Gasteiger partial charge in [-0.15, -0.1) is 11.3 Å². The van der Waals surface area contributed by atoms with Gasteiger partial charge in [0.25, 0.3) is 0 Å². The van der Waals surface area contributed by atoms with Crippen LogP contribution in [0.15, 0.2) is 186 Å². The highest BCUT2D eigenvalue weighted by Crippen LogP contribution is 2.40. The van der Waals surface area contributed by atoms with E-state index < -0.39 is 0 Å². The lowest BCUT2D eigenvalue weighted by molar-refractivity contribution is 0.668. The largest absolute Gasteiger partial charge is 0.456 e. The van der Waals surface area contributed by atoms with E-state index in [0.29, 0.717) is 17.5 Å². The van der Waals surface area contributed by atoms with Crippen molar-refractivity contribution in [3.05, 3.63) is 182 Å². The Bertz CT molecular complexity index is 3420. The third kappa shape index (κ3) is 5.19. The van der Waals surface area contributed by atoms with E-state index in [1.807, 2.05) is 60.7 Å². The third-order valence-corrected chi connectivity index (χ3v) is 12.2. The van der Waals surface area contributed by atoms with Gasteiger partial charge in [-0.25, -0.2) is 15.0 Å². The molecule has 6 heteroatoms. The lowest BCUT2D eigenvalue weighted by Gasteiger charge is -2.08. The summed E-state index contributed by atoms with van der Waals surface area (Å²) in [5.74, 6) is 1.98. The maximum Gasteiger partial charge on any atom is 0.164 e. The van der Waals surface area contributed by atoms with Gasteiger partial charge in [-0.2, -0.15) is 0 Å². The normalized spacial score (nSPS) is 11.9. The molecule has 4 aromatic heterocycles. The average molecular weight is 747 g/mol. The summed E-state index contributed by atoms with van der Waals surface area (Å²) in [7, 11) is 0. The number of fused-ring (bicyclic) bond motifs is 9. The van der Waals surface area contributed by atoms with Crippen molar-refractivity contribution < 1.29 is 4.42 Å². The van der Waals surface area contributed by atoms with Gasteiger partial charge in [0.05, 0.1) is 11.0 Å². The number of benzene rings is 8. The monoisotopic (exact) mass is 746 g/mol. The Morgan fingerprint density at radius 3 is 1.51 bits per heavy atom.